The van der Waals surface area contributed by atoms with E-state index in [2.05, 4.69) is 28.5 Å². The second kappa shape index (κ2) is 5.92. The Labute approximate surface area is 46.5 Å². The predicted octanol–water partition coefficient (Wildman–Crippen LogP) is 0.541. The van der Waals surface area contributed by atoms with Crippen LogP contribution < -0.4 is 0 Å². The van der Waals surface area contributed by atoms with Crippen LogP contribution in [0.25, 0.3) is 0 Å². The summed E-state index contributed by atoms with van der Waals surface area (Å²) in [5, 5.41) is 0. The van der Waals surface area contributed by atoms with Crippen LogP contribution in [0, 0.1) is 0 Å². The van der Waals surface area contributed by atoms with Gasteiger partial charge in [0.2, 0.25) is 10.5 Å². The molecule has 0 spiro atoms. The minimum absolute atomic E-state index is 0.413. The second-order valence-corrected chi connectivity index (χ2v) is 3.68. The van der Waals surface area contributed by atoms with Crippen molar-refractivity contribution in [1.29, 1.82) is 0 Å². The molecule has 0 heterocycles. The number of hydrogen-bond acceptors (Lipinski definition) is 2. The molecule has 6 heavy (non-hydrogen) atoms. The molecule has 0 aromatic carbocycles. The lowest BCUT2D eigenvalue weighted by Crippen LogP contribution is -1.79. The molecule has 0 fully saturated rings. The summed E-state index contributed by atoms with van der Waals surface area (Å²) in [5.41, 5.74) is 0. The fraction of sp³-hybridized carbons (Fsp3) is 0. The van der Waals surface area contributed by atoms with Crippen molar-refractivity contribution >= 4 is 37.2 Å². The standard InChI is InChI=1S/H2NOP2Si2/c3-1-4-6-2-5/h3H2. The van der Waals surface area contributed by atoms with Crippen molar-refractivity contribution in [1.82, 2.24) is 0 Å². The third kappa shape index (κ3) is 4.92. The van der Waals surface area contributed by atoms with Gasteiger partial charge in [-0.05, 0) is 9.39 Å². The molecule has 0 aromatic heterocycles. The van der Waals surface area contributed by atoms with Crippen molar-refractivity contribution in [2.45, 2.75) is 0 Å². The van der Waals surface area contributed by atoms with Gasteiger partial charge >= 0.3 is 9.43 Å². The van der Waals surface area contributed by atoms with E-state index in [1.54, 1.807) is 0 Å². The summed E-state index contributed by atoms with van der Waals surface area (Å²) in [7, 11) is 6.44. The van der Waals surface area contributed by atoms with E-state index in [1.807, 2.05) is 0 Å². The van der Waals surface area contributed by atoms with E-state index >= 15 is 0 Å². The smallest absolute Gasteiger partial charge is 0.312 e. The lowest BCUT2D eigenvalue weighted by Gasteiger charge is -1.75. The minimum Gasteiger partial charge on any atom is -0.450 e. The average Bonchev–Trinajstić information content (AvgIpc) is 1.61. The van der Waals surface area contributed by atoms with E-state index in [0.717, 1.165) is 7.92 Å². The minimum atomic E-state index is 0.413. The van der Waals surface area contributed by atoms with Crippen LogP contribution in [0.1, 0.15) is 0 Å². The largest absolute Gasteiger partial charge is 0.450 e. The summed E-state index contributed by atoms with van der Waals surface area (Å²) >= 11 is 0. The molecule has 2 nitrogen and oxygen atoms in total. The summed E-state index contributed by atoms with van der Waals surface area (Å²) in [5.74, 6) is 0. The third-order valence-corrected chi connectivity index (χ3v) is 3.16. The molecule has 5 radical (unpaired) electrons. The van der Waals surface area contributed by atoms with Gasteiger partial charge in [0.05, 0.1) is 0 Å². The Balaban J connectivity index is 2.66. The van der Waals surface area contributed by atoms with E-state index in [1.165, 1.54) is 0 Å². The maximum Gasteiger partial charge on any atom is 0.312 e. The number of rotatable bonds is 2. The first-order chi connectivity index (χ1) is 2.91. The summed E-state index contributed by atoms with van der Waals surface area (Å²) in [6.45, 7) is 0. The van der Waals surface area contributed by atoms with Gasteiger partial charge in [0, 0.05) is 7.92 Å². The maximum absolute atomic E-state index is 4.50. The van der Waals surface area contributed by atoms with Crippen LogP contribution in [0.2, 0.25) is 0 Å². The first kappa shape index (κ1) is 6.92. The monoisotopic (exact) mass is 150 g/mol. The van der Waals surface area contributed by atoms with Gasteiger partial charge in [0.25, 0.3) is 0 Å². The Bertz CT molecular complexity index is 46.8. The molecule has 31 valence electrons. The Morgan fingerprint density at radius 3 is 2.83 bits per heavy atom. The molecule has 0 amide bonds. The van der Waals surface area contributed by atoms with Gasteiger partial charge in [-0.15, -0.1) is 0 Å². The summed E-state index contributed by atoms with van der Waals surface area (Å²) in [6, 6.07) is 0. The normalized spacial score (nSPS) is 10.3. The van der Waals surface area contributed by atoms with Crippen LogP contribution in [-0.2, 0) is 4.12 Å². The number of nitrogens with zero attached hydrogens (tertiary/aromatic N) is 1. The first-order valence-corrected chi connectivity index (χ1v) is 4.61. The zero-order chi connectivity index (χ0) is 4.83. The fourth-order valence-corrected chi connectivity index (χ4v) is 1.19. The molecular weight excluding hydrogens is 148 g/mol. The van der Waals surface area contributed by atoms with E-state index in [9.17, 15) is 0 Å². The molecule has 0 saturated carbocycles. The van der Waals surface area contributed by atoms with Gasteiger partial charge < -0.3 is 4.12 Å². The molecule has 0 aromatic rings. The molecule has 1 atom stereocenters. The van der Waals surface area contributed by atoms with Crippen LogP contribution in [0.4, 0.5) is 0 Å². The summed E-state index contributed by atoms with van der Waals surface area (Å²) in [4.78, 5) is 0. The zero-order valence-corrected chi connectivity index (χ0v) is 6.93. The van der Waals surface area contributed by atoms with E-state index in [0.29, 0.717) is 9.43 Å². The van der Waals surface area contributed by atoms with Gasteiger partial charge in [0.15, 0.2) is 0 Å². The van der Waals surface area contributed by atoms with Crippen LogP contribution >= 0.6 is 17.3 Å². The molecule has 0 rings (SSSR count). The van der Waals surface area contributed by atoms with E-state index in [4.69, 9.17) is 0 Å². The molecule has 0 saturated heterocycles. The molecular formula is H2NOP2Si2. The first-order valence-electron chi connectivity index (χ1n) is 1.09. The molecule has 0 aliphatic rings. The van der Waals surface area contributed by atoms with Crippen LogP contribution in [0.3, 0.4) is 0 Å². The quantitative estimate of drug-likeness (QED) is 0.416. The van der Waals surface area contributed by atoms with Gasteiger partial charge in [-0.25, -0.2) is 0 Å². The molecule has 6 heteroatoms. The lowest BCUT2D eigenvalue weighted by molar-refractivity contribution is 0.684. The molecule has 0 bridgehead atoms. The van der Waals surface area contributed by atoms with Gasteiger partial charge in [-0.3, -0.25) is 4.52 Å². The van der Waals surface area contributed by atoms with Gasteiger partial charge in [-0.1, -0.05) is 0 Å². The van der Waals surface area contributed by atoms with Crippen molar-refractivity contribution in [3.63, 3.8) is 0 Å². The van der Waals surface area contributed by atoms with Crippen molar-refractivity contribution in [2.75, 3.05) is 0 Å². The highest BCUT2D eigenvalue weighted by Gasteiger charge is 1.72. The van der Waals surface area contributed by atoms with Crippen molar-refractivity contribution in [2.24, 2.45) is 4.52 Å². The molecule has 0 N–H and O–H groups in total. The fourth-order valence-electron chi connectivity index (χ4n) is 0.0440. The highest BCUT2D eigenvalue weighted by Crippen LogP contribution is 1.99. The molecule has 0 aliphatic heterocycles. The van der Waals surface area contributed by atoms with Gasteiger partial charge in [0.1, 0.15) is 0 Å². The molecule has 1 unspecified atom stereocenters. The van der Waals surface area contributed by atoms with Crippen LogP contribution in [0.5, 0.6) is 0 Å². The predicted molar refractivity (Wildman–Crippen MR) is 31.7 cm³/mol. The van der Waals surface area contributed by atoms with E-state index < -0.39 is 0 Å². The highest BCUT2D eigenvalue weighted by molar-refractivity contribution is 7.64. The Morgan fingerprint density at radius 2 is 2.67 bits per heavy atom. The van der Waals surface area contributed by atoms with E-state index in [-0.39, 0.29) is 0 Å². The van der Waals surface area contributed by atoms with Gasteiger partial charge in [-0.2, -0.15) is 0 Å². The number of hydrogen-bond donors (Lipinski definition) is 0. The van der Waals surface area contributed by atoms with Crippen molar-refractivity contribution in [3.05, 3.63) is 0 Å². The summed E-state index contributed by atoms with van der Waals surface area (Å²) < 4.78 is 8.17. The van der Waals surface area contributed by atoms with Crippen molar-refractivity contribution < 1.29 is 4.12 Å². The Kier molecular flexibility index (Phi) is 6.84. The van der Waals surface area contributed by atoms with Crippen LogP contribution in [0.15, 0.2) is 4.52 Å². The topological polar surface area (TPSA) is 21.6 Å². The maximum atomic E-state index is 4.50. The Morgan fingerprint density at radius 1 is 2.00 bits per heavy atom. The highest BCUT2D eigenvalue weighted by atomic mass is 31.3. The van der Waals surface area contributed by atoms with Crippen molar-refractivity contribution in [3.8, 4) is 0 Å². The second-order valence-electron chi connectivity index (χ2n) is 0.409. The lowest BCUT2D eigenvalue weighted by atomic mass is 13.9. The average molecular weight is 150 g/mol. The zero-order valence-electron chi connectivity index (χ0n) is 2.88. The SMILES string of the molecule is [Si]O[Si]P=NP. The Hall–Kier alpha value is 0.924. The summed E-state index contributed by atoms with van der Waals surface area (Å²) in [6.07, 6.45) is 0. The third-order valence-electron chi connectivity index (χ3n) is 0.144. The van der Waals surface area contributed by atoms with Crippen LogP contribution in [-0.4, -0.2) is 19.9 Å². The molecule has 0 aliphatic carbocycles.